The van der Waals surface area contributed by atoms with E-state index in [9.17, 15) is 13.6 Å². The van der Waals surface area contributed by atoms with Gasteiger partial charge in [-0.1, -0.05) is 0 Å². The zero-order valence-electron chi connectivity index (χ0n) is 14.2. The fraction of sp³-hybridized carbons (Fsp3) is 0.333. The Morgan fingerprint density at radius 2 is 2.00 bits per heavy atom. The summed E-state index contributed by atoms with van der Waals surface area (Å²) in [4.78, 5) is 18.5. The predicted octanol–water partition coefficient (Wildman–Crippen LogP) is 2.36. The molecule has 0 aliphatic carbocycles. The summed E-state index contributed by atoms with van der Waals surface area (Å²) in [6.45, 7) is 5.04. The second kappa shape index (κ2) is 8.68. The molecule has 6 nitrogen and oxygen atoms in total. The number of rotatable bonds is 6. The Labute approximate surface area is 150 Å². The van der Waals surface area contributed by atoms with E-state index in [0.29, 0.717) is 6.07 Å². The molecule has 0 radical (unpaired) electrons. The van der Waals surface area contributed by atoms with Crippen LogP contribution in [0.25, 0.3) is 0 Å². The molecule has 2 N–H and O–H groups in total. The second-order valence-corrected chi connectivity index (χ2v) is 5.89. The van der Waals surface area contributed by atoms with Gasteiger partial charge < -0.3 is 15.4 Å². The van der Waals surface area contributed by atoms with E-state index in [1.807, 2.05) is 0 Å². The van der Waals surface area contributed by atoms with E-state index in [2.05, 4.69) is 20.5 Å². The predicted molar refractivity (Wildman–Crippen MR) is 94.3 cm³/mol. The lowest BCUT2D eigenvalue weighted by atomic mass is 10.2. The normalized spacial score (nSPS) is 14.8. The van der Waals surface area contributed by atoms with Gasteiger partial charge in [0, 0.05) is 32.2 Å². The molecular formula is C18H20F2N4O2. The van der Waals surface area contributed by atoms with Crippen LogP contribution in [0.4, 0.5) is 20.2 Å². The third kappa shape index (κ3) is 4.96. The summed E-state index contributed by atoms with van der Waals surface area (Å²) in [6, 6.07) is 6.25. The maximum atomic E-state index is 13.6. The standard InChI is InChI=1S/C18H20F2N4O2/c19-13-1-3-16(15(20)11-13)23-18(25)17-4-2-14(12-22-17)21-5-6-24-7-9-26-10-8-24/h1-4,11-12,21H,5-10H2,(H,23,25). The Morgan fingerprint density at radius 3 is 2.69 bits per heavy atom. The van der Waals surface area contributed by atoms with Crippen molar-refractivity contribution in [2.45, 2.75) is 0 Å². The maximum Gasteiger partial charge on any atom is 0.274 e. The quantitative estimate of drug-likeness (QED) is 0.826. The molecule has 1 aromatic heterocycles. The first-order chi connectivity index (χ1) is 12.6. The fourth-order valence-electron chi connectivity index (χ4n) is 2.59. The summed E-state index contributed by atoms with van der Waals surface area (Å²) in [5.41, 5.74) is 0.848. The van der Waals surface area contributed by atoms with Crippen molar-refractivity contribution >= 4 is 17.3 Å². The molecule has 8 heteroatoms. The Bertz CT molecular complexity index is 749. The average molecular weight is 362 g/mol. The summed E-state index contributed by atoms with van der Waals surface area (Å²) in [7, 11) is 0. The first-order valence-corrected chi connectivity index (χ1v) is 8.38. The first-order valence-electron chi connectivity index (χ1n) is 8.38. The summed E-state index contributed by atoms with van der Waals surface area (Å²) < 4.78 is 31.8. The van der Waals surface area contributed by atoms with Crippen LogP contribution >= 0.6 is 0 Å². The zero-order valence-corrected chi connectivity index (χ0v) is 14.2. The monoisotopic (exact) mass is 362 g/mol. The fourth-order valence-corrected chi connectivity index (χ4v) is 2.59. The number of aromatic nitrogens is 1. The minimum Gasteiger partial charge on any atom is -0.383 e. The van der Waals surface area contributed by atoms with Crippen LogP contribution in [0.2, 0.25) is 0 Å². The van der Waals surface area contributed by atoms with Crippen molar-refractivity contribution in [2.24, 2.45) is 0 Å². The molecule has 1 amide bonds. The second-order valence-electron chi connectivity index (χ2n) is 5.89. The number of benzene rings is 1. The SMILES string of the molecule is O=C(Nc1ccc(F)cc1F)c1ccc(NCCN2CCOCC2)cn1. The number of pyridine rings is 1. The van der Waals surface area contributed by atoms with Gasteiger partial charge in [-0.25, -0.2) is 13.8 Å². The molecular weight excluding hydrogens is 342 g/mol. The first kappa shape index (κ1) is 18.2. The van der Waals surface area contributed by atoms with Gasteiger partial charge in [-0.2, -0.15) is 0 Å². The number of amides is 1. The summed E-state index contributed by atoms with van der Waals surface area (Å²) in [5.74, 6) is -2.10. The smallest absolute Gasteiger partial charge is 0.274 e. The molecule has 0 bridgehead atoms. The van der Waals surface area contributed by atoms with Crippen molar-refractivity contribution in [3.05, 3.63) is 53.9 Å². The summed E-state index contributed by atoms with van der Waals surface area (Å²) in [5, 5.41) is 5.62. The van der Waals surface area contributed by atoms with Crippen LogP contribution in [0, 0.1) is 11.6 Å². The molecule has 3 rings (SSSR count). The number of halogens is 2. The molecule has 1 aliphatic rings. The zero-order chi connectivity index (χ0) is 18.4. The molecule has 138 valence electrons. The molecule has 26 heavy (non-hydrogen) atoms. The minimum absolute atomic E-state index is 0.0917. The van der Waals surface area contributed by atoms with Gasteiger partial charge in [0.25, 0.3) is 5.91 Å². The lowest BCUT2D eigenvalue weighted by Crippen LogP contribution is -2.39. The summed E-state index contributed by atoms with van der Waals surface area (Å²) >= 11 is 0. The van der Waals surface area contributed by atoms with Crippen LogP contribution in [0.1, 0.15) is 10.5 Å². The largest absolute Gasteiger partial charge is 0.383 e. The van der Waals surface area contributed by atoms with Gasteiger partial charge in [-0.3, -0.25) is 9.69 Å². The maximum absolute atomic E-state index is 13.6. The van der Waals surface area contributed by atoms with Gasteiger partial charge in [0.2, 0.25) is 0 Å². The molecule has 0 spiro atoms. The summed E-state index contributed by atoms with van der Waals surface area (Å²) in [6.07, 6.45) is 1.55. The Morgan fingerprint density at radius 1 is 1.19 bits per heavy atom. The molecule has 0 atom stereocenters. The third-order valence-electron chi connectivity index (χ3n) is 4.04. The highest BCUT2D eigenvalue weighted by Crippen LogP contribution is 2.16. The van der Waals surface area contributed by atoms with Gasteiger partial charge in [0.1, 0.15) is 17.3 Å². The number of hydrogen-bond donors (Lipinski definition) is 2. The number of carbonyl (C=O) groups is 1. The molecule has 1 fully saturated rings. The van der Waals surface area contributed by atoms with E-state index >= 15 is 0 Å². The van der Waals surface area contributed by atoms with Crippen molar-refractivity contribution in [2.75, 3.05) is 50.0 Å². The Kier molecular flexibility index (Phi) is 6.08. The van der Waals surface area contributed by atoms with Gasteiger partial charge >= 0.3 is 0 Å². The van der Waals surface area contributed by atoms with E-state index in [1.165, 1.54) is 6.07 Å². The van der Waals surface area contributed by atoms with Crippen molar-refractivity contribution in [1.82, 2.24) is 9.88 Å². The number of nitrogens with zero attached hydrogens (tertiary/aromatic N) is 2. The Hall–Kier alpha value is -2.58. The number of anilines is 2. The lowest BCUT2D eigenvalue weighted by molar-refractivity contribution is 0.0398. The number of nitrogens with one attached hydrogen (secondary N) is 2. The van der Waals surface area contributed by atoms with Gasteiger partial charge in [0.15, 0.2) is 0 Å². The van der Waals surface area contributed by atoms with Crippen molar-refractivity contribution in [1.29, 1.82) is 0 Å². The molecule has 1 saturated heterocycles. The highest BCUT2D eigenvalue weighted by Gasteiger charge is 2.12. The van der Waals surface area contributed by atoms with Crippen LogP contribution in [-0.2, 0) is 4.74 Å². The highest BCUT2D eigenvalue weighted by molar-refractivity contribution is 6.03. The topological polar surface area (TPSA) is 66.5 Å². The average Bonchev–Trinajstić information content (AvgIpc) is 2.65. The van der Waals surface area contributed by atoms with Gasteiger partial charge in [0.05, 0.1) is 30.8 Å². The van der Waals surface area contributed by atoms with E-state index in [0.717, 1.165) is 51.1 Å². The number of carbonyl (C=O) groups excluding carboxylic acids is 1. The molecule has 1 aliphatic heterocycles. The minimum atomic E-state index is -0.834. The molecule has 2 heterocycles. The number of hydrogen-bond acceptors (Lipinski definition) is 5. The van der Waals surface area contributed by atoms with E-state index < -0.39 is 17.5 Å². The van der Waals surface area contributed by atoms with Gasteiger partial charge in [-0.05, 0) is 24.3 Å². The van der Waals surface area contributed by atoms with Crippen LogP contribution in [-0.4, -0.2) is 55.2 Å². The van der Waals surface area contributed by atoms with Crippen molar-refractivity contribution in [3.63, 3.8) is 0 Å². The van der Waals surface area contributed by atoms with Crippen LogP contribution in [0.5, 0.6) is 0 Å². The van der Waals surface area contributed by atoms with Crippen molar-refractivity contribution in [3.8, 4) is 0 Å². The van der Waals surface area contributed by atoms with Crippen LogP contribution in [0.15, 0.2) is 36.5 Å². The molecule has 0 saturated carbocycles. The van der Waals surface area contributed by atoms with E-state index in [4.69, 9.17) is 4.74 Å². The van der Waals surface area contributed by atoms with E-state index in [1.54, 1.807) is 18.3 Å². The van der Waals surface area contributed by atoms with Gasteiger partial charge in [-0.15, -0.1) is 0 Å². The highest BCUT2D eigenvalue weighted by atomic mass is 19.1. The molecule has 0 unspecified atom stereocenters. The molecule has 2 aromatic rings. The van der Waals surface area contributed by atoms with Crippen molar-refractivity contribution < 1.29 is 18.3 Å². The van der Waals surface area contributed by atoms with Crippen LogP contribution in [0.3, 0.4) is 0 Å². The molecule has 1 aromatic carbocycles. The Balaban J connectivity index is 1.50. The number of morpholine rings is 1. The third-order valence-corrected chi connectivity index (χ3v) is 4.04. The lowest BCUT2D eigenvalue weighted by Gasteiger charge is -2.26. The van der Waals surface area contributed by atoms with E-state index in [-0.39, 0.29) is 11.4 Å². The number of ether oxygens (including phenoxy) is 1. The van der Waals surface area contributed by atoms with Crippen LogP contribution < -0.4 is 10.6 Å².